The fourth-order valence-corrected chi connectivity index (χ4v) is 2.11. The van der Waals surface area contributed by atoms with Gasteiger partial charge in [-0.25, -0.2) is 9.97 Å². The van der Waals surface area contributed by atoms with Gasteiger partial charge in [0.2, 0.25) is 5.82 Å². The van der Waals surface area contributed by atoms with Crippen molar-refractivity contribution in [2.24, 2.45) is 0 Å². The van der Waals surface area contributed by atoms with Crippen LogP contribution in [0.5, 0.6) is 0 Å². The molecule has 0 bridgehead atoms. The number of pyridine rings is 1. The first-order chi connectivity index (χ1) is 9.79. The Labute approximate surface area is 122 Å². The number of aromatic nitrogens is 3. The highest BCUT2D eigenvalue weighted by atomic mass is 35.5. The number of nitrogens with zero attached hydrogens (tertiary/aromatic N) is 3. The molecule has 0 aliphatic rings. The summed E-state index contributed by atoms with van der Waals surface area (Å²) in [5.41, 5.74) is 0.148. The van der Waals surface area contributed by atoms with E-state index in [1.54, 1.807) is 0 Å². The molecule has 0 aromatic carbocycles. The Morgan fingerprint density at radius 1 is 1.38 bits per heavy atom. The van der Waals surface area contributed by atoms with Gasteiger partial charge in [-0.15, -0.1) is 0 Å². The molecule has 2 heterocycles. The number of carbonyl (C=O) groups is 1. The molecule has 2 aromatic rings. The molecule has 0 aliphatic carbocycles. The molecule has 2 rings (SSSR count). The molecule has 21 heavy (non-hydrogen) atoms. The largest absolute Gasteiger partial charge is 0.481 e. The van der Waals surface area contributed by atoms with Crippen molar-refractivity contribution in [3.8, 4) is 0 Å². The second kappa shape index (κ2) is 5.88. The van der Waals surface area contributed by atoms with Crippen molar-refractivity contribution in [3.63, 3.8) is 0 Å². The number of halogens is 4. The summed E-state index contributed by atoms with van der Waals surface area (Å²) in [6, 6.07) is 1.31. The molecule has 0 amide bonds. The molecule has 0 aliphatic heterocycles. The number of unbranched alkanes of at least 4 members (excludes halogenated alkanes) is 1. The van der Waals surface area contributed by atoms with E-state index in [2.05, 4.69) is 9.97 Å². The van der Waals surface area contributed by atoms with Crippen molar-refractivity contribution in [1.29, 1.82) is 0 Å². The number of aliphatic carboxylic acids is 1. The average molecular weight is 322 g/mol. The summed E-state index contributed by atoms with van der Waals surface area (Å²) in [6.45, 7) is -0.00669. The zero-order valence-electron chi connectivity index (χ0n) is 10.7. The minimum absolute atomic E-state index is 0.00669. The number of carboxylic acids is 1. The first kappa shape index (κ1) is 15.6. The summed E-state index contributed by atoms with van der Waals surface area (Å²) >= 11 is 5.70. The van der Waals surface area contributed by atoms with Gasteiger partial charge < -0.3 is 9.67 Å². The van der Waals surface area contributed by atoms with Crippen LogP contribution < -0.4 is 0 Å². The molecule has 0 atom stereocenters. The van der Waals surface area contributed by atoms with E-state index in [9.17, 15) is 18.0 Å². The monoisotopic (exact) mass is 321 g/mol. The summed E-state index contributed by atoms with van der Waals surface area (Å²) < 4.78 is 39.9. The van der Waals surface area contributed by atoms with Crippen LogP contribution in [-0.2, 0) is 17.5 Å². The molecule has 0 saturated heterocycles. The maximum absolute atomic E-state index is 13.0. The van der Waals surface area contributed by atoms with Gasteiger partial charge in [0.15, 0.2) is 5.65 Å². The minimum atomic E-state index is -4.61. The van der Waals surface area contributed by atoms with E-state index in [-0.39, 0.29) is 42.0 Å². The number of hydrogen-bond donors (Lipinski definition) is 1. The molecule has 1 N–H and O–H groups in total. The topological polar surface area (TPSA) is 68.0 Å². The van der Waals surface area contributed by atoms with Gasteiger partial charge in [-0.1, -0.05) is 11.6 Å². The summed E-state index contributed by atoms with van der Waals surface area (Å²) in [4.78, 5) is 17.8. The van der Waals surface area contributed by atoms with Crippen LogP contribution in [0, 0.1) is 0 Å². The van der Waals surface area contributed by atoms with Crippen LogP contribution in [0.4, 0.5) is 13.2 Å². The molecule has 9 heteroatoms. The molecule has 2 aromatic heterocycles. The highest BCUT2D eigenvalue weighted by molar-refractivity contribution is 6.31. The zero-order valence-corrected chi connectivity index (χ0v) is 11.4. The van der Waals surface area contributed by atoms with Crippen molar-refractivity contribution in [1.82, 2.24) is 14.5 Å². The van der Waals surface area contributed by atoms with Gasteiger partial charge in [0.25, 0.3) is 0 Å². The Kier molecular flexibility index (Phi) is 4.36. The van der Waals surface area contributed by atoms with Gasteiger partial charge >= 0.3 is 12.1 Å². The second-order valence-corrected chi connectivity index (χ2v) is 4.87. The molecular weight excluding hydrogens is 311 g/mol. The first-order valence-electron chi connectivity index (χ1n) is 6.10. The van der Waals surface area contributed by atoms with Gasteiger partial charge in [-0.05, 0) is 18.9 Å². The van der Waals surface area contributed by atoms with Gasteiger partial charge in [-0.3, -0.25) is 4.79 Å². The fourth-order valence-electron chi connectivity index (χ4n) is 1.96. The second-order valence-electron chi connectivity index (χ2n) is 4.43. The SMILES string of the molecule is O=C(O)CCCCn1c(C(F)(F)F)nc2cc(Cl)cnc21. The van der Waals surface area contributed by atoms with E-state index < -0.39 is 18.0 Å². The highest BCUT2D eigenvalue weighted by Crippen LogP contribution is 2.31. The van der Waals surface area contributed by atoms with E-state index >= 15 is 0 Å². The third-order valence-corrected chi connectivity index (χ3v) is 3.03. The normalized spacial score (nSPS) is 12.0. The van der Waals surface area contributed by atoms with Gasteiger partial charge in [0.1, 0.15) is 5.52 Å². The molecule has 5 nitrogen and oxygen atoms in total. The van der Waals surface area contributed by atoms with Crippen LogP contribution >= 0.6 is 11.6 Å². The van der Waals surface area contributed by atoms with Crippen LogP contribution in [0.2, 0.25) is 5.02 Å². The average Bonchev–Trinajstić information content (AvgIpc) is 2.72. The number of carboxylic acid groups (broad SMARTS) is 1. The lowest BCUT2D eigenvalue weighted by molar-refractivity contribution is -0.147. The van der Waals surface area contributed by atoms with Crippen LogP contribution in [0.15, 0.2) is 12.3 Å². The van der Waals surface area contributed by atoms with E-state index in [0.717, 1.165) is 4.57 Å². The smallest absolute Gasteiger partial charge is 0.449 e. The lowest BCUT2D eigenvalue weighted by Gasteiger charge is -2.10. The number of rotatable bonds is 5. The Morgan fingerprint density at radius 3 is 2.71 bits per heavy atom. The van der Waals surface area contributed by atoms with Gasteiger partial charge in [0.05, 0.1) is 5.02 Å². The molecule has 0 unspecified atom stereocenters. The van der Waals surface area contributed by atoms with Crippen molar-refractivity contribution in [2.75, 3.05) is 0 Å². The summed E-state index contributed by atoms with van der Waals surface area (Å²) in [6.07, 6.45) is -2.89. The van der Waals surface area contributed by atoms with Crippen LogP contribution in [-0.4, -0.2) is 25.6 Å². The van der Waals surface area contributed by atoms with E-state index in [4.69, 9.17) is 16.7 Å². The standard InChI is InChI=1S/C12H11ClF3N3O2/c13-7-5-8-10(17-6-7)19(4-2-1-3-9(20)21)11(18-8)12(14,15)16/h5-6H,1-4H2,(H,20,21). The van der Waals surface area contributed by atoms with Gasteiger partial charge in [-0.2, -0.15) is 13.2 Å². The quantitative estimate of drug-likeness (QED) is 0.857. The maximum atomic E-state index is 13.0. The fraction of sp³-hybridized carbons (Fsp3) is 0.417. The molecule has 0 spiro atoms. The third kappa shape index (κ3) is 3.63. The Morgan fingerprint density at radius 2 is 2.10 bits per heavy atom. The molecule has 0 saturated carbocycles. The molecule has 0 fully saturated rings. The third-order valence-electron chi connectivity index (χ3n) is 2.83. The van der Waals surface area contributed by atoms with Crippen molar-refractivity contribution in [3.05, 3.63) is 23.1 Å². The van der Waals surface area contributed by atoms with Crippen LogP contribution in [0.1, 0.15) is 25.1 Å². The lowest BCUT2D eigenvalue weighted by atomic mass is 10.2. The first-order valence-corrected chi connectivity index (χ1v) is 6.47. The van der Waals surface area contributed by atoms with Crippen molar-refractivity contribution >= 4 is 28.7 Å². The summed E-state index contributed by atoms with van der Waals surface area (Å²) in [5, 5.41) is 8.73. The molecule has 114 valence electrons. The van der Waals surface area contributed by atoms with Crippen molar-refractivity contribution in [2.45, 2.75) is 32.0 Å². The zero-order chi connectivity index (χ0) is 15.6. The lowest BCUT2D eigenvalue weighted by Crippen LogP contribution is -2.15. The molecule has 0 radical (unpaired) electrons. The summed E-state index contributed by atoms with van der Waals surface area (Å²) in [5.74, 6) is -2.03. The van der Waals surface area contributed by atoms with Crippen LogP contribution in [0.25, 0.3) is 11.2 Å². The van der Waals surface area contributed by atoms with Crippen LogP contribution in [0.3, 0.4) is 0 Å². The number of aryl methyl sites for hydroxylation is 1. The Hall–Kier alpha value is -1.83. The number of alkyl halides is 3. The predicted octanol–water partition coefficient (Wildman–Crippen LogP) is 3.36. The van der Waals surface area contributed by atoms with E-state index in [1.165, 1.54) is 12.3 Å². The maximum Gasteiger partial charge on any atom is 0.449 e. The van der Waals surface area contributed by atoms with Crippen molar-refractivity contribution < 1.29 is 23.1 Å². The Balaban J connectivity index is 2.32. The number of fused-ring (bicyclic) bond motifs is 1. The highest BCUT2D eigenvalue weighted by Gasteiger charge is 2.37. The minimum Gasteiger partial charge on any atom is -0.481 e. The predicted molar refractivity (Wildman–Crippen MR) is 69.0 cm³/mol. The van der Waals surface area contributed by atoms with Gasteiger partial charge in [0, 0.05) is 19.2 Å². The van der Waals surface area contributed by atoms with E-state index in [0.29, 0.717) is 0 Å². The summed E-state index contributed by atoms with van der Waals surface area (Å²) in [7, 11) is 0. The Bertz CT molecular complexity index is 670. The number of hydrogen-bond acceptors (Lipinski definition) is 3. The number of imidazole rings is 1. The van der Waals surface area contributed by atoms with E-state index in [1.807, 2.05) is 0 Å². The molecular formula is C12H11ClF3N3O2.